The Morgan fingerprint density at radius 1 is 1.24 bits per heavy atom. The molecule has 1 fully saturated rings. The fourth-order valence-corrected chi connectivity index (χ4v) is 3.37. The van der Waals surface area contributed by atoms with E-state index in [0.29, 0.717) is 36.1 Å². The molecule has 150 valence electrons. The van der Waals surface area contributed by atoms with Gasteiger partial charge in [-0.1, -0.05) is 5.16 Å². The van der Waals surface area contributed by atoms with Crippen molar-refractivity contribution < 1.29 is 18.4 Å². The Labute approximate surface area is 167 Å². The number of carbonyl (C=O) groups is 1. The summed E-state index contributed by atoms with van der Waals surface area (Å²) in [5.74, 6) is 1.36. The molecule has 2 aromatic heterocycles. The van der Waals surface area contributed by atoms with Crippen LogP contribution in [0.25, 0.3) is 0 Å². The van der Waals surface area contributed by atoms with Gasteiger partial charge in [0, 0.05) is 31.4 Å². The number of ether oxygens (including phenoxy) is 1. The van der Waals surface area contributed by atoms with E-state index >= 15 is 0 Å². The molecule has 8 heteroatoms. The molecule has 0 unspecified atom stereocenters. The number of halogens is 1. The maximum Gasteiger partial charge on any atom is 0.264 e. The summed E-state index contributed by atoms with van der Waals surface area (Å²) in [6.07, 6.45) is 4.84. The lowest BCUT2D eigenvalue weighted by Crippen LogP contribution is -2.38. The molecule has 0 N–H and O–H groups in total. The first-order chi connectivity index (χ1) is 14.1. The number of piperidine rings is 1. The van der Waals surface area contributed by atoms with Crippen molar-refractivity contribution in [3.05, 3.63) is 71.4 Å². The van der Waals surface area contributed by atoms with Crippen LogP contribution in [0, 0.1) is 12.7 Å². The number of aromatic nitrogens is 3. The van der Waals surface area contributed by atoms with E-state index in [9.17, 15) is 9.18 Å². The summed E-state index contributed by atoms with van der Waals surface area (Å²) in [4.78, 5) is 23.0. The highest BCUT2D eigenvalue weighted by atomic mass is 19.1. The maximum atomic E-state index is 12.9. The average molecular weight is 396 g/mol. The van der Waals surface area contributed by atoms with Gasteiger partial charge in [0.2, 0.25) is 0 Å². The van der Waals surface area contributed by atoms with Crippen LogP contribution in [0.1, 0.15) is 46.4 Å². The van der Waals surface area contributed by atoms with E-state index in [0.717, 1.165) is 18.4 Å². The van der Waals surface area contributed by atoms with Crippen LogP contribution in [0.15, 0.2) is 47.2 Å². The first-order valence-electron chi connectivity index (χ1n) is 9.51. The number of rotatable bonds is 5. The average Bonchev–Trinajstić information content (AvgIpc) is 3.22. The lowest BCUT2D eigenvalue weighted by molar-refractivity contribution is 0.0709. The lowest BCUT2D eigenvalue weighted by Gasteiger charge is -2.30. The molecule has 3 heterocycles. The van der Waals surface area contributed by atoms with Gasteiger partial charge in [-0.25, -0.2) is 4.39 Å². The standard InChI is InChI=1S/C21H21FN4O3/c1-14-6-9-23-12-18(14)21(27)26-10-7-15(8-11-26)20-24-19(29-25-20)13-28-17-4-2-16(22)3-5-17/h2-6,9,12,15H,7-8,10-11,13H2,1H3. The molecule has 1 aromatic carbocycles. The third-order valence-electron chi connectivity index (χ3n) is 5.08. The zero-order chi connectivity index (χ0) is 20.2. The number of nitrogens with zero attached hydrogens (tertiary/aromatic N) is 4. The Kier molecular flexibility index (Phi) is 5.50. The zero-order valence-corrected chi connectivity index (χ0v) is 16.0. The SMILES string of the molecule is Cc1ccncc1C(=O)N1CCC(c2noc(COc3ccc(F)cc3)n2)CC1. The number of amides is 1. The van der Waals surface area contributed by atoms with Crippen molar-refractivity contribution in [2.75, 3.05) is 13.1 Å². The van der Waals surface area contributed by atoms with Crippen molar-refractivity contribution in [3.8, 4) is 5.75 Å². The number of aryl methyl sites for hydroxylation is 1. The van der Waals surface area contributed by atoms with E-state index in [1.165, 1.54) is 12.1 Å². The molecule has 0 radical (unpaired) electrons. The summed E-state index contributed by atoms with van der Waals surface area (Å²) in [7, 11) is 0. The Balaban J connectivity index is 1.31. The third-order valence-corrected chi connectivity index (χ3v) is 5.08. The minimum absolute atomic E-state index is 0.00977. The predicted molar refractivity (Wildman–Crippen MR) is 102 cm³/mol. The molecule has 0 aliphatic carbocycles. The van der Waals surface area contributed by atoms with E-state index in [1.54, 1.807) is 24.5 Å². The minimum Gasteiger partial charge on any atom is -0.484 e. The molecule has 1 aliphatic rings. The van der Waals surface area contributed by atoms with Crippen LogP contribution in [0.3, 0.4) is 0 Å². The topological polar surface area (TPSA) is 81.4 Å². The first kappa shape index (κ1) is 19.0. The molecule has 1 aliphatic heterocycles. The highest BCUT2D eigenvalue weighted by Gasteiger charge is 2.28. The van der Waals surface area contributed by atoms with Crippen LogP contribution in [-0.4, -0.2) is 39.0 Å². The van der Waals surface area contributed by atoms with Gasteiger partial charge in [0.25, 0.3) is 11.8 Å². The van der Waals surface area contributed by atoms with Crippen LogP contribution in [-0.2, 0) is 6.61 Å². The van der Waals surface area contributed by atoms with Gasteiger partial charge in [-0.2, -0.15) is 4.98 Å². The van der Waals surface area contributed by atoms with Gasteiger partial charge in [-0.15, -0.1) is 0 Å². The summed E-state index contributed by atoms with van der Waals surface area (Å²) in [5, 5.41) is 4.07. The summed E-state index contributed by atoms with van der Waals surface area (Å²) >= 11 is 0. The molecule has 29 heavy (non-hydrogen) atoms. The quantitative estimate of drug-likeness (QED) is 0.656. The van der Waals surface area contributed by atoms with Gasteiger partial charge in [0.05, 0.1) is 5.56 Å². The number of hydrogen-bond acceptors (Lipinski definition) is 6. The van der Waals surface area contributed by atoms with E-state index < -0.39 is 0 Å². The van der Waals surface area contributed by atoms with Crippen molar-refractivity contribution in [1.82, 2.24) is 20.0 Å². The number of likely N-dealkylation sites (tertiary alicyclic amines) is 1. The van der Waals surface area contributed by atoms with Crippen LogP contribution in [0.2, 0.25) is 0 Å². The molecule has 0 spiro atoms. The van der Waals surface area contributed by atoms with Gasteiger partial charge < -0.3 is 14.2 Å². The number of benzene rings is 1. The van der Waals surface area contributed by atoms with Crippen molar-refractivity contribution >= 4 is 5.91 Å². The molecule has 0 saturated carbocycles. The van der Waals surface area contributed by atoms with Gasteiger partial charge >= 0.3 is 0 Å². The summed E-state index contributed by atoms with van der Waals surface area (Å²) in [5.41, 5.74) is 1.57. The Hall–Kier alpha value is -3.29. The molecule has 1 saturated heterocycles. The second kappa shape index (κ2) is 8.38. The molecule has 4 rings (SSSR count). The van der Waals surface area contributed by atoms with Crippen LogP contribution >= 0.6 is 0 Å². The highest BCUT2D eigenvalue weighted by Crippen LogP contribution is 2.27. The zero-order valence-electron chi connectivity index (χ0n) is 16.0. The summed E-state index contributed by atoms with van der Waals surface area (Å²) < 4.78 is 23.7. The predicted octanol–water partition coefficient (Wildman–Crippen LogP) is 3.51. The minimum atomic E-state index is -0.319. The molecule has 3 aromatic rings. The number of carbonyl (C=O) groups excluding carboxylic acids is 1. The van der Waals surface area contributed by atoms with Crippen molar-refractivity contribution in [1.29, 1.82) is 0 Å². The van der Waals surface area contributed by atoms with Crippen molar-refractivity contribution in [2.45, 2.75) is 32.3 Å². The van der Waals surface area contributed by atoms with E-state index in [2.05, 4.69) is 15.1 Å². The largest absolute Gasteiger partial charge is 0.484 e. The van der Waals surface area contributed by atoms with Crippen molar-refractivity contribution in [3.63, 3.8) is 0 Å². The van der Waals surface area contributed by atoms with Crippen molar-refractivity contribution in [2.24, 2.45) is 0 Å². The lowest BCUT2D eigenvalue weighted by atomic mass is 9.95. The van der Waals surface area contributed by atoms with Gasteiger partial charge in [-0.3, -0.25) is 9.78 Å². The number of pyridine rings is 1. The van der Waals surface area contributed by atoms with Crippen LogP contribution in [0.5, 0.6) is 5.75 Å². The third kappa shape index (κ3) is 4.42. The fourth-order valence-electron chi connectivity index (χ4n) is 3.37. The maximum absolute atomic E-state index is 12.9. The highest BCUT2D eigenvalue weighted by molar-refractivity contribution is 5.95. The summed E-state index contributed by atoms with van der Waals surface area (Å²) in [6.45, 7) is 3.30. The van der Waals surface area contributed by atoms with E-state index in [-0.39, 0.29) is 24.2 Å². The molecule has 1 amide bonds. The molecular formula is C21H21FN4O3. The van der Waals surface area contributed by atoms with Gasteiger partial charge in [-0.05, 0) is 55.7 Å². The number of hydrogen-bond donors (Lipinski definition) is 0. The normalized spacial score (nSPS) is 14.8. The van der Waals surface area contributed by atoms with Crippen LogP contribution < -0.4 is 4.74 Å². The fraction of sp³-hybridized carbons (Fsp3) is 0.333. The monoisotopic (exact) mass is 396 g/mol. The van der Waals surface area contributed by atoms with Gasteiger partial charge in [0.15, 0.2) is 12.4 Å². The van der Waals surface area contributed by atoms with Gasteiger partial charge in [0.1, 0.15) is 11.6 Å². The summed E-state index contributed by atoms with van der Waals surface area (Å²) in [6, 6.07) is 7.59. The smallest absolute Gasteiger partial charge is 0.264 e. The molecular weight excluding hydrogens is 375 g/mol. The Bertz CT molecular complexity index is 982. The molecule has 0 atom stereocenters. The first-order valence-corrected chi connectivity index (χ1v) is 9.51. The molecule has 0 bridgehead atoms. The second-order valence-corrected chi connectivity index (χ2v) is 7.05. The van der Waals surface area contributed by atoms with Crippen LogP contribution in [0.4, 0.5) is 4.39 Å². The second-order valence-electron chi connectivity index (χ2n) is 7.05. The van der Waals surface area contributed by atoms with E-state index in [4.69, 9.17) is 9.26 Å². The van der Waals surface area contributed by atoms with E-state index in [1.807, 2.05) is 17.9 Å². The Morgan fingerprint density at radius 2 is 2.00 bits per heavy atom. The Morgan fingerprint density at radius 3 is 2.72 bits per heavy atom. The molecule has 7 nitrogen and oxygen atoms in total.